The molecular weight excluding hydrogens is 432 g/mol. The SMILES string of the molecule is CC(C)(C)c1cccc(-c2cccc(C(C)(C)c3cccc(-c4csc5ccccc45)n3)n2)c1. The second kappa shape index (κ2) is 8.48. The standard InChI is InChI=1S/C31H30N2S/c1-30(2,3)22-12-8-11-21(19-22)25-14-9-17-28(32-25)31(4,5)29-18-10-15-26(33-29)24-20-34-27-16-7-6-13-23(24)27/h6-20H,1-5H3. The zero-order chi connectivity index (χ0) is 23.9. The third-order valence-electron chi connectivity index (χ3n) is 6.56. The number of fused-ring (bicyclic) bond motifs is 1. The Hall–Kier alpha value is -3.30. The van der Waals surface area contributed by atoms with E-state index in [4.69, 9.17) is 9.97 Å². The highest BCUT2D eigenvalue weighted by Gasteiger charge is 2.27. The van der Waals surface area contributed by atoms with E-state index in [-0.39, 0.29) is 10.8 Å². The van der Waals surface area contributed by atoms with Crippen molar-refractivity contribution < 1.29 is 0 Å². The van der Waals surface area contributed by atoms with Crippen LogP contribution in [0, 0.1) is 0 Å². The van der Waals surface area contributed by atoms with Gasteiger partial charge in [-0.25, -0.2) is 0 Å². The number of benzene rings is 2. The van der Waals surface area contributed by atoms with Crippen molar-refractivity contribution in [2.75, 3.05) is 0 Å². The Balaban J connectivity index is 1.54. The number of hydrogen-bond acceptors (Lipinski definition) is 3. The smallest absolute Gasteiger partial charge is 0.0720 e. The first-order chi connectivity index (χ1) is 16.2. The molecule has 0 atom stereocenters. The van der Waals surface area contributed by atoms with Gasteiger partial charge in [0.05, 0.1) is 22.8 Å². The largest absolute Gasteiger partial charge is 0.252 e. The summed E-state index contributed by atoms with van der Waals surface area (Å²) in [6, 6.07) is 29.9. The number of aromatic nitrogens is 2. The lowest BCUT2D eigenvalue weighted by Gasteiger charge is -2.25. The highest BCUT2D eigenvalue weighted by atomic mass is 32.1. The molecule has 0 saturated carbocycles. The van der Waals surface area contributed by atoms with Crippen LogP contribution < -0.4 is 0 Å². The quantitative estimate of drug-likeness (QED) is 0.267. The maximum atomic E-state index is 5.13. The van der Waals surface area contributed by atoms with Gasteiger partial charge in [-0.1, -0.05) is 69.3 Å². The number of rotatable bonds is 4. The van der Waals surface area contributed by atoms with Gasteiger partial charge < -0.3 is 0 Å². The molecule has 3 aromatic heterocycles. The molecule has 0 bridgehead atoms. The summed E-state index contributed by atoms with van der Waals surface area (Å²) in [5, 5.41) is 3.47. The lowest BCUT2D eigenvalue weighted by atomic mass is 9.83. The molecule has 0 unspecified atom stereocenters. The van der Waals surface area contributed by atoms with Crippen molar-refractivity contribution in [3.05, 3.63) is 107 Å². The van der Waals surface area contributed by atoms with E-state index in [1.165, 1.54) is 21.2 Å². The molecular formula is C31H30N2S. The molecule has 3 heteroatoms. The molecule has 0 amide bonds. The summed E-state index contributed by atoms with van der Waals surface area (Å²) in [7, 11) is 0. The minimum Gasteiger partial charge on any atom is -0.252 e. The molecule has 0 spiro atoms. The van der Waals surface area contributed by atoms with Crippen LogP contribution in [-0.4, -0.2) is 9.97 Å². The van der Waals surface area contributed by atoms with Gasteiger partial charge in [0.25, 0.3) is 0 Å². The predicted molar refractivity (Wildman–Crippen MR) is 146 cm³/mol. The van der Waals surface area contributed by atoms with Crippen molar-refractivity contribution in [3.63, 3.8) is 0 Å². The lowest BCUT2D eigenvalue weighted by molar-refractivity contribution is 0.590. The van der Waals surface area contributed by atoms with Crippen LogP contribution >= 0.6 is 11.3 Å². The van der Waals surface area contributed by atoms with Crippen LogP contribution in [-0.2, 0) is 10.8 Å². The topological polar surface area (TPSA) is 25.8 Å². The normalized spacial score (nSPS) is 12.3. The van der Waals surface area contributed by atoms with Gasteiger partial charge in [0.2, 0.25) is 0 Å². The van der Waals surface area contributed by atoms with Crippen molar-refractivity contribution in [3.8, 4) is 22.5 Å². The van der Waals surface area contributed by atoms with E-state index in [9.17, 15) is 0 Å². The van der Waals surface area contributed by atoms with Crippen molar-refractivity contribution in [1.82, 2.24) is 9.97 Å². The maximum Gasteiger partial charge on any atom is 0.0720 e. The Morgan fingerprint density at radius 3 is 2.03 bits per heavy atom. The summed E-state index contributed by atoms with van der Waals surface area (Å²) in [6.07, 6.45) is 0. The van der Waals surface area contributed by atoms with Crippen LogP contribution in [0.1, 0.15) is 51.6 Å². The summed E-state index contributed by atoms with van der Waals surface area (Å²) >= 11 is 1.77. The Bertz CT molecular complexity index is 1470. The fourth-order valence-electron chi connectivity index (χ4n) is 4.33. The third kappa shape index (κ3) is 4.17. The van der Waals surface area contributed by atoms with Gasteiger partial charge in [0.15, 0.2) is 0 Å². The maximum absolute atomic E-state index is 5.13. The Morgan fingerprint density at radius 2 is 1.29 bits per heavy atom. The first-order valence-corrected chi connectivity index (χ1v) is 12.6. The number of pyridine rings is 2. The van der Waals surface area contributed by atoms with Crippen molar-refractivity contribution in [2.45, 2.75) is 45.4 Å². The van der Waals surface area contributed by atoms with E-state index in [0.717, 1.165) is 28.3 Å². The van der Waals surface area contributed by atoms with Gasteiger partial charge in [-0.2, -0.15) is 0 Å². The molecule has 0 aliphatic heterocycles. The van der Waals surface area contributed by atoms with Crippen LogP contribution in [0.5, 0.6) is 0 Å². The van der Waals surface area contributed by atoms with E-state index >= 15 is 0 Å². The molecule has 5 aromatic rings. The Labute approximate surface area is 206 Å². The highest BCUT2D eigenvalue weighted by Crippen LogP contribution is 2.36. The first kappa shape index (κ1) is 22.5. The molecule has 0 fully saturated rings. The van der Waals surface area contributed by atoms with Crippen LogP contribution in [0.3, 0.4) is 0 Å². The Kier molecular flexibility index (Phi) is 5.61. The van der Waals surface area contributed by atoms with Crippen LogP contribution in [0.25, 0.3) is 32.6 Å². The molecule has 3 heterocycles. The van der Waals surface area contributed by atoms with E-state index in [0.29, 0.717) is 0 Å². The van der Waals surface area contributed by atoms with Gasteiger partial charge in [-0.3, -0.25) is 9.97 Å². The molecule has 0 aliphatic carbocycles. The van der Waals surface area contributed by atoms with Crippen molar-refractivity contribution in [2.24, 2.45) is 0 Å². The van der Waals surface area contributed by atoms with E-state index < -0.39 is 0 Å². The predicted octanol–water partition coefficient (Wildman–Crippen LogP) is 8.65. The minimum atomic E-state index is -0.334. The first-order valence-electron chi connectivity index (χ1n) is 11.8. The van der Waals surface area contributed by atoms with E-state index in [2.05, 4.69) is 125 Å². The second-order valence-corrected chi connectivity index (χ2v) is 11.3. The fourth-order valence-corrected chi connectivity index (χ4v) is 5.28. The highest BCUT2D eigenvalue weighted by molar-refractivity contribution is 7.17. The number of hydrogen-bond donors (Lipinski definition) is 0. The van der Waals surface area contributed by atoms with Gasteiger partial charge >= 0.3 is 0 Å². The monoisotopic (exact) mass is 462 g/mol. The summed E-state index contributed by atoms with van der Waals surface area (Å²) in [6.45, 7) is 11.2. The fraction of sp³-hybridized carbons (Fsp3) is 0.226. The molecule has 0 N–H and O–H groups in total. The van der Waals surface area contributed by atoms with Gasteiger partial charge in [-0.15, -0.1) is 11.3 Å². The van der Waals surface area contributed by atoms with Gasteiger partial charge in [0, 0.05) is 32.0 Å². The zero-order valence-corrected chi connectivity index (χ0v) is 21.3. The molecule has 2 nitrogen and oxygen atoms in total. The zero-order valence-electron chi connectivity index (χ0n) is 20.5. The molecule has 0 radical (unpaired) electrons. The van der Waals surface area contributed by atoms with Gasteiger partial charge in [0.1, 0.15) is 0 Å². The average Bonchev–Trinajstić information content (AvgIpc) is 3.28. The Morgan fingerprint density at radius 1 is 0.647 bits per heavy atom. The summed E-state index contributed by atoms with van der Waals surface area (Å²) in [5.41, 5.74) is 7.47. The summed E-state index contributed by atoms with van der Waals surface area (Å²) < 4.78 is 1.29. The average molecular weight is 463 g/mol. The van der Waals surface area contributed by atoms with Crippen molar-refractivity contribution >= 4 is 21.4 Å². The molecule has 0 saturated heterocycles. The van der Waals surface area contributed by atoms with E-state index in [1.807, 2.05) is 0 Å². The summed E-state index contributed by atoms with van der Waals surface area (Å²) in [4.78, 5) is 10.2. The minimum absolute atomic E-state index is 0.100. The van der Waals surface area contributed by atoms with Crippen LogP contribution in [0.2, 0.25) is 0 Å². The van der Waals surface area contributed by atoms with E-state index in [1.54, 1.807) is 11.3 Å². The number of nitrogens with zero attached hydrogens (tertiary/aromatic N) is 2. The lowest BCUT2D eigenvalue weighted by Crippen LogP contribution is -2.22. The molecule has 2 aromatic carbocycles. The van der Waals surface area contributed by atoms with Crippen LogP contribution in [0.15, 0.2) is 90.3 Å². The molecule has 170 valence electrons. The molecule has 0 aliphatic rings. The molecule has 5 rings (SSSR count). The third-order valence-corrected chi connectivity index (χ3v) is 7.52. The molecule has 34 heavy (non-hydrogen) atoms. The number of thiophene rings is 1. The summed E-state index contributed by atoms with van der Waals surface area (Å²) in [5.74, 6) is 0. The van der Waals surface area contributed by atoms with Crippen molar-refractivity contribution in [1.29, 1.82) is 0 Å². The van der Waals surface area contributed by atoms with Gasteiger partial charge in [-0.05, 0) is 61.2 Å². The second-order valence-electron chi connectivity index (χ2n) is 10.4. The van der Waals surface area contributed by atoms with Crippen LogP contribution in [0.4, 0.5) is 0 Å².